The summed E-state index contributed by atoms with van der Waals surface area (Å²) in [6.07, 6.45) is 4.19. The Morgan fingerprint density at radius 1 is 1.29 bits per heavy atom. The van der Waals surface area contributed by atoms with Crippen molar-refractivity contribution in [1.82, 2.24) is 25.3 Å². The first-order chi connectivity index (χ1) is 8.34. The van der Waals surface area contributed by atoms with Gasteiger partial charge in [-0.3, -0.25) is 0 Å². The van der Waals surface area contributed by atoms with Crippen LogP contribution < -0.4 is 5.32 Å². The molecule has 3 rings (SSSR count). The van der Waals surface area contributed by atoms with Crippen molar-refractivity contribution in [2.45, 2.75) is 19.9 Å². The Balaban J connectivity index is 2.11. The van der Waals surface area contributed by atoms with Crippen LogP contribution in [0.25, 0.3) is 11.5 Å². The average Bonchev–Trinajstić information content (AvgIpc) is 2.40. The van der Waals surface area contributed by atoms with Gasteiger partial charge >= 0.3 is 0 Å². The Morgan fingerprint density at radius 3 is 3.06 bits per heavy atom. The molecule has 0 fully saturated rings. The summed E-state index contributed by atoms with van der Waals surface area (Å²) in [7, 11) is 0. The summed E-state index contributed by atoms with van der Waals surface area (Å²) >= 11 is 0. The highest BCUT2D eigenvalue weighted by atomic mass is 15.0. The number of aryl methyl sites for hydroxylation is 1. The molecule has 0 aliphatic carbocycles. The van der Waals surface area contributed by atoms with Crippen molar-refractivity contribution in [3.8, 4) is 11.5 Å². The monoisotopic (exact) mass is 227 g/mol. The number of hydrogen-bond acceptors (Lipinski definition) is 5. The highest BCUT2D eigenvalue weighted by Gasteiger charge is 2.15. The third-order valence-corrected chi connectivity index (χ3v) is 2.95. The maximum Gasteiger partial charge on any atom is 0.178 e. The van der Waals surface area contributed by atoms with Crippen LogP contribution in [-0.4, -0.2) is 26.5 Å². The molecule has 2 aromatic rings. The maximum atomic E-state index is 4.60. The first kappa shape index (κ1) is 10.3. The van der Waals surface area contributed by atoms with E-state index in [-0.39, 0.29) is 0 Å². The second-order valence-corrected chi connectivity index (χ2v) is 4.08. The highest BCUT2D eigenvalue weighted by molar-refractivity contribution is 5.49. The Bertz CT molecular complexity index is 538. The van der Waals surface area contributed by atoms with Crippen LogP contribution in [0.3, 0.4) is 0 Å². The van der Waals surface area contributed by atoms with Crippen molar-refractivity contribution >= 4 is 0 Å². The van der Waals surface area contributed by atoms with Gasteiger partial charge in [-0.15, -0.1) is 0 Å². The predicted molar refractivity (Wildman–Crippen MR) is 63.2 cm³/mol. The largest absolute Gasteiger partial charge is 0.312 e. The van der Waals surface area contributed by atoms with E-state index in [0.717, 1.165) is 36.6 Å². The summed E-state index contributed by atoms with van der Waals surface area (Å²) in [6.45, 7) is 3.87. The van der Waals surface area contributed by atoms with Gasteiger partial charge in [0.1, 0.15) is 12.0 Å². The van der Waals surface area contributed by atoms with Crippen molar-refractivity contribution in [2.24, 2.45) is 0 Å². The second kappa shape index (κ2) is 4.18. The minimum Gasteiger partial charge on any atom is -0.312 e. The number of hydrogen-bond donors (Lipinski definition) is 1. The zero-order valence-electron chi connectivity index (χ0n) is 9.64. The van der Waals surface area contributed by atoms with Gasteiger partial charge in [-0.2, -0.15) is 0 Å². The maximum absolute atomic E-state index is 4.60. The fourth-order valence-electron chi connectivity index (χ4n) is 2.05. The van der Waals surface area contributed by atoms with E-state index in [9.17, 15) is 0 Å². The zero-order chi connectivity index (χ0) is 11.7. The summed E-state index contributed by atoms with van der Waals surface area (Å²) in [5.74, 6) is 0.700. The van der Waals surface area contributed by atoms with Gasteiger partial charge < -0.3 is 5.32 Å². The van der Waals surface area contributed by atoms with Crippen LogP contribution in [-0.2, 0) is 13.0 Å². The lowest BCUT2D eigenvalue weighted by atomic mass is 10.1. The number of fused-ring (bicyclic) bond motifs is 1. The Hall–Kier alpha value is -1.88. The van der Waals surface area contributed by atoms with Gasteiger partial charge in [0.05, 0.1) is 5.69 Å². The number of aromatic nitrogens is 4. The molecule has 5 heteroatoms. The normalized spacial score (nSPS) is 14.4. The average molecular weight is 227 g/mol. The lowest BCUT2D eigenvalue weighted by Gasteiger charge is -2.18. The Kier molecular flexibility index (Phi) is 2.53. The van der Waals surface area contributed by atoms with Crippen LogP contribution >= 0.6 is 0 Å². The topological polar surface area (TPSA) is 63.6 Å². The zero-order valence-corrected chi connectivity index (χ0v) is 9.64. The van der Waals surface area contributed by atoms with E-state index in [0.29, 0.717) is 5.82 Å². The van der Waals surface area contributed by atoms with Crippen LogP contribution in [0.1, 0.15) is 17.0 Å². The predicted octanol–water partition coefficient (Wildman–Crippen LogP) is 0.888. The number of rotatable bonds is 1. The van der Waals surface area contributed by atoms with E-state index in [1.807, 2.05) is 13.0 Å². The Labute approximate surface area is 99.4 Å². The molecular weight excluding hydrogens is 214 g/mol. The molecule has 0 saturated carbocycles. The molecule has 0 atom stereocenters. The van der Waals surface area contributed by atoms with Gasteiger partial charge in [0.15, 0.2) is 5.82 Å². The summed E-state index contributed by atoms with van der Waals surface area (Å²) < 4.78 is 0. The van der Waals surface area contributed by atoms with E-state index in [2.05, 4.69) is 25.3 Å². The van der Waals surface area contributed by atoms with Crippen LogP contribution in [0.4, 0.5) is 0 Å². The van der Waals surface area contributed by atoms with Crippen molar-refractivity contribution in [2.75, 3.05) is 6.54 Å². The molecule has 0 saturated heterocycles. The molecule has 3 heterocycles. The lowest BCUT2D eigenvalue weighted by Crippen LogP contribution is -2.26. The molecule has 0 bridgehead atoms. The number of nitrogens with one attached hydrogen (secondary N) is 1. The standard InChI is InChI=1S/C12H13N5/c1-8-9-6-13-4-2-10(9)17-12(16-8)11-3-5-14-7-15-11/h3,5,7,13H,2,4,6H2,1H3. The molecule has 5 nitrogen and oxygen atoms in total. The smallest absolute Gasteiger partial charge is 0.178 e. The van der Waals surface area contributed by atoms with E-state index >= 15 is 0 Å². The minimum atomic E-state index is 0.700. The molecule has 86 valence electrons. The summed E-state index contributed by atoms with van der Waals surface area (Å²) in [5, 5.41) is 3.34. The van der Waals surface area contributed by atoms with Gasteiger partial charge in [-0.05, 0) is 13.0 Å². The third kappa shape index (κ3) is 1.89. The SMILES string of the molecule is Cc1nc(-c2ccncn2)nc2c1CNCC2. The van der Waals surface area contributed by atoms with Crippen molar-refractivity contribution < 1.29 is 0 Å². The van der Waals surface area contributed by atoms with Crippen LogP contribution in [0, 0.1) is 6.92 Å². The second-order valence-electron chi connectivity index (χ2n) is 4.08. The van der Waals surface area contributed by atoms with Crippen LogP contribution in [0.15, 0.2) is 18.6 Å². The highest BCUT2D eigenvalue weighted by Crippen LogP contribution is 2.19. The summed E-state index contributed by atoms with van der Waals surface area (Å²) in [4.78, 5) is 17.2. The van der Waals surface area contributed by atoms with Crippen LogP contribution in [0.5, 0.6) is 0 Å². The van der Waals surface area contributed by atoms with Gasteiger partial charge in [0, 0.05) is 37.0 Å². The fourth-order valence-corrected chi connectivity index (χ4v) is 2.05. The molecule has 0 unspecified atom stereocenters. The molecule has 1 N–H and O–H groups in total. The first-order valence-corrected chi connectivity index (χ1v) is 5.68. The van der Waals surface area contributed by atoms with Crippen molar-refractivity contribution in [1.29, 1.82) is 0 Å². The third-order valence-electron chi connectivity index (χ3n) is 2.95. The molecular formula is C12H13N5. The quantitative estimate of drug-likeness (QED) is 0.783. The van der Waals surface area contributed by atoms with Crippen molar-refractivity contribution in [3.63, 3.8) is 0 Å². The lowest BCUT2D eigenvalue weighted by molar-refractivity contribution is 0.621. The Morgan fingerprint density at radius 2 is 2.24 bits per heavy atom. The molecule has 0 spiro atoms. The fraction of sp³-hybridized carbons (Fsp3) is 0.333. The molecule has 0 amide bonds. The van der Waals surface area contributed by atoms with E-state index in [1.165, 1.54) is 11.9 Å². The molecule has 2 aromatic heterocycles. The summed E-state index contributed by atoms with van der Waals surface area (Å²) in [6, 6.07) is 1.84. The van der Waals surface area contributed by atoms with Gasteiger partial charge in [0.25, 0.3) is 0 Å². The van der Waals surface area contributed by atoms with E-state index < -0.39 is 0 Å². The molecule has 0 radical (unpaired) electrons. The molecule has 1 aliphatic heterocycles. The summed E-state index contributed by atoms with van der Waals surface area (Å²) in [5.41, 5.74) is 4.19. The van der Waals surface area contributed by atoms with Gasteiger partial charge in [-0.25, -0.2) is 19.9 Å². The number of nitrogens with zero attached hydrogens (tertiary/aromatic N) is 4. The van der Waals surface area contributed by atoms with E-state index in [1.54, 1.807) is 6.20 Å². The molecule has 1 aliphatic rings. The first-order valence-electron chi connectivity index (χ1n) is 5.68. The molecule has 17 heavy (non-hydrogen) atoms. The minimum absolute atomic E-state index is 0.700. The van der Waals surface area contributed by atoms with Crippen LogP contribution in [0.2, 0.25) is 0 Å². The van der Waals surface area contributed by atoms with Gasteiger partial charge in [-0.1, -0.05) is 0 Å². The van der Waals surface area contributed by atoms with Gasteiger partial charge in [0.2, 0.25) is 0 Å². The van der Waals surface area contributed by atoms with E-state index in [4.69, 9.17) is 0 Å². The van der Waals surface area contributed by atoms with Crippen molar-refractivity contribution in [3.05, 3.63) is 35.5 Å². The molecule has 0 aromatic carbocycles.